The molecule has 1 amide bonds. The van der Waals surface area contributed by atoms with Crippen LogP contribution < -0.4 is 0 Å². The SMILES string of the molecule is CCOC(=O)CN(CC)C(=O)c1ccc(F)cc1Cl. The Labute approximate surface area is 116 Å². The highest BCUT2D eigenvalue weighted by Gasteiger charge is 2.20. The highest BCUT2D eigenvalue weighted by atomic mass is 35.5. The molecule has 0 saturated carbocycles. The van der Waals surface area contributed by atoms with E-state index in [2.05, 4.69) is 0 Å². The third-order valence-electron chi connectivity index (χ3n) is 2.46. The molecule has 0 spiro atoms. The third kappa shape index (κ3) is 4.21. The molecule has 0 fully saturated rings. The number of hydrogen-bond donors (Lipinski definition) is 0. The monoisotopic (exact) mass is 287 g/mol. The van der Waals surface area contributed by atoms with Crippen molar-refractivity contribution in [3.63, 3.8) is 0 Å². The lowest BCUT2D eigenvalue weighted by atomic mass is 10.2. The maximum absolute atomic E-state index is 12.9. The predicted molar refractivity (Wildman–Crippen MR) is 69.6 cm³/mol. The van der Waals surface area contributed by atoms with E-state index in [9.17, 15) is 14.0 Å². The van der Waals surface area contributed by atoms with Crippen LogP contribution in [0.4, 0.5) is 4.39 Å². The quantitative estimate of drug-likeness (QED) is 0.782. The Bertz CT molecular complexity index is 479. The van der Waals surface area contributed by atoms with Gasteiger partial charge in [0.1, 0.15) is 12.4 Å². The fourth-order valence-electron chi connectivity index (χ4n) is 1.52. The molecule has 0 aliphatic carbocycles. The molecule has 0 saturated heterocycles. The van der Waals surface area contributed by atoms with E-state index in [-0.39, 0.29) is 23.7 Å². The van der Waals surface area contributed by atoms with Crippen molar-refractivity contribution in [2.75, 3.05) is 19.7 Å². The summed E-state index contributed by atoms with van der Waals surface area (Å²) in [6.45, 7) is 3.84. The number of ether oxygens (including phenoxy) is 1. The Morgan fingerprint density at radius 3 is 2.58 bits per heavy atom. The van der Waals surface area contributed by atoms with E-state index in [0.717, 1.165) is 12.1 Å². The molecule has 104 valence electrons. The molecule has 1 rings (SSSR count). The van der Waals surface area contributed by atoms with Crippen molar-refractivity contribution in [2.45, 2.75) is 13.8 Å². The van der Waals surface area contributed by atoms with Crippen molar-refractivity contribution >= 4 is 23.5 Å². The molecule has 19 heavy (non-hydrogen) atoms. The second-order valence-electron chi connectivity index (χ2n) is 3.75. The number of hydrogen-bond acceptors (Lipinski definition) is 3. The summed E-state index contributed by atoms with van der Waals surface area (Å²) in [6, 6.07) is 3.51. The number of esters is 1. The summed E-state index contributed by atoms with van der Waals surface area (Å²) < 4.78 is 17.7. The van der Waals surface area contributed by atoms with Crippen LogP contribution in [0.5, 0.6) is 0 Å². The summed E-state index contributed by atoms with van der Waals surface area (Å²) in [7, 11) is 0. The molecule has 4 nitrogen and oxygen atoms in total. The van der Waals surface area contributed by atoms with Crippen LogP contribution in [0, 0.1) is 5.82 Å². The molecule has 1 aromatic rings. The van der Waals surface area contributed by atoms with Crippen LogP contribution in [-0.2, 0) is 9.53 Å². The summed E-state index contributed by atoms with van der Waals surface area (Å²) >= 11 is 5.82. The molecule has 0 aromatic heterocycles. The van der Waals surface area contributed by atoms with Crippen molar-refractivity contribution in [3.8, 4) is 0 Å². The minimum Gasteiger partial charge on any atom is -0.465 e. The Kier molecular flexibility index (Phi) is 5.76. The summed E-state index contributed by atoms with van der Waals surface area (Å²) in [4.78, 5) is 24.8. The largest absolute Gasteiger partial charge is 0.465 e. The summed E-state index contributed by atoms with van der Waals surface area (Å²) in [6.07, 6.45) is 0. The number of nitrogens with zero attached hydrogens (tertiary/aromatic N) is 1. The lowest BCUT2D eigenvalue weighted by Gasteiger charge is -2.20. The zero-order valence-electron chi connectivity index (χ0n) is 10.8. The van der Waals surface area contributed by atoms with E-state index in [1.807, 2.05) is 0 Å². The van der Waals surface area contributed by atoms with Gasteiger partial charge in [0.05, 0.1) is 17.2 Å². The second-order valence-corrected chi connectivity index (χ2v) is 4.16. The molecule has 0 atom stereocenters. The third-order valence-corrected chi connectivity index (χ3v) is 2.77. The van der Waals surface area contributed by atoms with Gasteiger partial charge in [-0.3, -0.25) is 9.59 Å². The van der Waals surface area contributed by atoms with Crippen molar-refractivity contribution < 1.29 is 18.7 Å². The average Bonchev–Trinajstić information content (AvgIpc) is 2.35. The molecular weight excluding hydrogens is 273 g/mol. The zero-order chi connectivity index (χ0) is 14.4. The molecule has 6 heteroatoms. The standard InChI is InChI=1S/C13H15ClFNO3/c1-3-16(8-12(17)19-4-2)13(18)10-6-5-9(15)7-11(10)14/h5-7H,3-4,8H2,1-2H3. The number of benzene rings is 1. The molecule has 0 heterocycles. The minimum absolute atomic E-state index is 0.0207. The van der Waals surface area contributed by atoms with Gasteiger partial charge in [-0.25, -0.2) is 4.39 Å². The van der Waals surface area contributed by atoms with Crippen LogP contribution in [0.2, 0.25) is 5.02 Å². The number of likely N-dealkylation sites (N-methyl/N-ethyl adjacent to an activating group) is 1. The highest BCUT2D eigenvalue weighted by Crippen LogP contribution is 2.19. The van der Waals surface area contributed by atoms with Gasteiger partial charge in [-0.15, -0.1) is 0 Å². The van der Waals surface area contributed by atoms with Gasteiger partial charge in [0.2, 0.25) is 0 Å². The van der Waals surface area contributed by atoms with Crippen LogP contribution in [-0.4, -0.2) is 36.5 Å². The molecule has 0 N–H and O–H groups in total. The van der Waals surface area contributed by atoms with E-state index in [1.54, 1.807) is 13.8 Å². The molecule has 0 radical (unpaired) electrons. The Morgan fingerprint density at radius 2 is 2.05 bits per heavy atom. The first-order valence-corrected chi connectivity index (χ1v) is 6.27. The van der Waals surface area contributed by atoms with E-state index < -0.39 is 17.7 Å². The highest BCUT2D eigenvalue weighted by molar-refractivity contribution is 6.33. The normalized spacial score (nSPS) is 10.1. The first kappa shape index (κ1) is 15.4. The zero-order valence-corrected chi connectivity index (χ0v) is 11.5. The lowest BCUT2D eigenvalue weighted by molar-refractivity contribution is -0.143. The maximum Gasteiger partial charge on any atom is 0.325 e. The first-order chi connectivity index (χ1) is 8.99. The Balaban J connectivity index is 2.86. The fourth-order valence-corrected chi connectivity index (χ4v) is 1.77. The number of carbonyl (C=O) groups excluding carboxylic acids is 2. The van der Waals surface area contributed by atoms with Crippen molar-refractivity contribution in [1.82, 2.24) is 4.90 Å². The summed E-state index contributed by atoms with van der Waals surface area (Å²) in [5, 5.41) is 0.0207. The van der Waals surface area contributed by atoms with Gasteiger partial charge in [-0.1, -0.05) is 11.6 Å². The lowest BCUT2D eigenvalue weighted by Crippen LogP contribution is -2.36. The van der Waals surface area contributed by atoms with Gasteiger partial charge < -0.3 is 9.64 Å². The van der Waals surface area contributed by atoms with Crippen molar-refractivity contribution in [1.29, 1.82) is 0 Å². The van der Waals surface area contributed by atoms with E-state index >= 15 is 0 Å². The Morgan fingerprint density at radius 1 is 1.37 bits per heavy atom. The van der Waals surface area contributed by atoms with Crippen LogP contribution in [0.3, 0.4) is 0 Å². The summed E-state index contributed by atoms with van der Waals surface area (Å²) in [5.74, 6) is -1.44. The van der Waals surface area contributed by atoms with Crippen LogP contribution in [0.25, 0.3) is 0 Å². The van der Waals surface area contributed by atoms with Crippen molar-refractivity contribution in [2.24, 2.45) is 0 Å². The van der Waals surface area contributed by atoms with E-state index in [1.165, 1.54) is 11.0 Å². The molecule has 0 unspecified atom stereocenters. The molecule has 0 aliphatic rings. The Hall–Kier alpha value is -1.62. The smallest absolute Gasteiger partial charge is 0.325 e. The predicted octanol–water partition coefficient (Wildman–Crippen LogP) is 2.50. The fraction of sp³-hybridized carbons (Fsp3) is 0.385. The van der Waals surface area contributed by atoms with Gasteiger partial charge >= 0.3 is 5.97 Å². The molecule has 1 aromatic carbocycles. The van der Waals surface area contributed by atoms with Gasteiger partial charge in [-0.2, -0.15) is 0 Å². The number of carbonyl (C=O) groups is 2. The molecule has 0 bridgehead atoms. The van der Waals surface area contributed by atoms with E-state index in [4.69, 9.17) is 16.3 Å². The second kappa shape index (κ2) is 7.09. The van der Waals surface area contributed by atoms with Gasteiger partial charge in [-0.05, 0) is 32.0 Å². The molecular formula is C13H15ClFNO3. The number of amides is 1. The number of rotatable bonds is 5. The molecule has 0 aliphatic heterocycles. The van der Waals surface area contributed by atoms with Gasteiger partial charge in [0, 0.05) is 6.54 Å². The first-order valence-electron chi connectivity index (χ1n) is 5.89. The maximum atomic E-state index is 12.9. The van der Waals surface area contributed by atoms with Gasteiger partial charge in [0.15, 0.2) is 0 Å². The van der Waals surface area contributed by atoms with E-state index in [0.29, 0.717) is 6.54 Å². The summed E-state index contributed by atoms with van der Waals surface area (Å²) in [5.41, 5.74) is 0.161. The number of halogens is 2. The average molecular weight is 288 g/mol. The minimum atomic E-state index is -0.519. The van der Waals surface area contributed by atoms with Crippen LogP contribution in [0.15, 0.2) is 18.2 Å². The van der Waals surface area contributed by atoms with Crippen LogP contribution >= 0.6 is 11.6 Å². The topological polar surface area (TPSA) is 46.6 Å². The van der Waals surface area contributed by atoms with Crippen LogP contribution in [0.1, 0.15) is 24.2 Å². The van der Waals surface area contributed by atoms with Crippen molar-refractivity contribution in [3.05, 3.63) is 34.6 Å². The van der Waals surface area contributed by atoms with Gasteiger partial charge in [0.25, 0.3) is 5.91 Å².